The molecule has 0 heterocycles. The van der Waals surface area contributed by atoms with Gasteiger partial charge in [-0.2, -0.15) is 0 Å². The molecule has 3 N–H and O–H groups in total. The highest BCUT2D eigenvalue weighted by atomic mass is 35.5. The monoisotopic (exact) mass is 272 g/mol. The Morgan fingerprint density at radius 3 is 2.29 bits per heavy atom. The Hall–Kier alpha value is -0.600. The summed E-state index contributed by atoms with van der Waals surface area (Å²) in [5, 5.41) is 4.56. The zero-order chi connectivity index (χ0) is 12.5. The van der Waals surface area contributed by atoms with Crippen molar-refractivity contribution in [2.45, 2.75) is 32.6 Å². The molecular weight excluding hydrogens is 255 g/mol. The molecule has 2 rings (SSSR count). The summed E-state index contributed by atoms with van der Waals surface area (Å²) in [7, 11) is 0. The Morgan fingerprint density at radius 2 is 1.76 bits per heavy atom. The van der Waals surface area contributed by atoms with Gasteiger partial charge in [-0.25, -0.2) is 0 Å². The molecule has 2 nitrogen and oxygen atoms in total. The molecule has 1 fully saturated rings. The van der Waals surface area contributed by atoms with E-state index in [0.29, 0.717) is 21.1 Å². The van der Waals surface area contributed by atoms with Crippen LogP contribution in [0, 0.1) is 5.41 Å². The first-order valence-electron chi connectivity index (χ1n) is 5.99. The molecule has 0 radical (unpaired) electrons. The molecule has 1 saturated carbocycles. The van der Waals surface area contributed by atoms with E-state index < -0.39 is 0 Å². The van der Waals surface area contributed by atoms with Gasteiger partial charge in [0.25, 0.3) is 0 Å². The molecule has 1 aliphatic carbocycles. The summed E-state index contributed by atoms with van der Waals surface area (Å²) < 4.78 is 0. The van der Waals surface area contributed by atoms with E-state index in [9.17, 15) is 0 Å². The smallest absolute Gasteiger partial charge is 0.0720 e. The number of nitrogens with one attached hydrogen (secondary N) is 1. The number of hydrogen-bond donors (Lipinski definition) is 2. The van der Waals surface area contributed by atoms with E-state index in [1.165, 1.54) is 25.7 Å². The van der Waals surface area contributed by atoms with Gasteiger partial charge in [0.05, 0.1) is 15.7 Å². The average Bonchev–Trinajstić information content (AvgIpc) is 2.64. The second-order valence-corrected chi connectivity index (χ2v) is 6.05. The third-order valence-corrected chi connectivity index (χ3v) is 4.16. The van der Waals surface area contributed by atoms with Crippen molar-refractivity contribution in [1.82, 2.24) is 0 Å². The van der Waals surface area contributed by atoms with Crippen LogP contribution in [-0.2, 0) is 0 Å². The summed E-state index contributed by atoms with van der Waals surface area (Å²) in [4.78, 5) is 0. The Balaban J connectivity index is 2.08. The van der Waals surface area contributed by atoms with Crippen molar-refractivity contribution in [2.24, 2.45) is 5.41 Å². The minimum Gasteiger partial charge on any atom is -0.399 e. The van der Waals surface area contributed by atoms with E-state index in [4.69, 9.17) is 28.9 Å². The van der Waals surface area contributed by atoms with E-state index in [2.05, 4.69) is 12.2 Å². The van der Waals surface area contributed by atoms with Crippen molar-refractivity contribution in [3.05, 3.63) is 22.2 Å². The molecule has 0 atom stereocenters. The van der Waals surface area contributed by atoms with Crippen LogP contribution in [0.3, 0.4) is 0 Å². The molecule has 0 amide bonds. The van der Waals surface area contributed by atoms with Crippen LogP contribution in [0.25, 0.3) is 0 Å². The summed E-state index contributed by atoms with van der Waals surface area (Å²) in [6.45, 7) is 3.22. The fraction of sp³-hybridized carbons (Fsp3) is 0.538. The number of hydrogen-bond acceptors (Lipinski definition) is 2. The largest absolute Gasteiger partial charge is 0.399 e. The van der Waals surface area contributed by atoms with Gasteiger partial charge in [0.2, 0.25) is 0 Å². The van der Waals surface area contributed by atoms with Crippen LogP contribution in [0.2, 0.25) is 10.0 Å². The third-order valence-electron chi connectivity index (χ3n) is 3.57. The molecule has 0 saturated heterocycles. The van der Waals surface area contributed by atoms with Gasteiger partial charge in [-0.1, -0.05) is 43.0 Å². The second kappa shape index (κ2) is 4.95. The number of benzene rings is 1. The normalized spacial score (nSPS) is 18.3. The van der Waals surface area contributed by atoms with Crippen LogP contribution in [0.1, 0.15) is 32.6 Å². The van der Waals surface area contributed by atoms with Crippen LogP contribution < -0.4 is 11.1 Å². The topological polar surface area (TPSA) is 38.0 Å². The zero-order valence-electron chi connectivity index (χ0n) is 10.0. The molecule has 4 heteroatoms. The molecule has 94 valence electrons. The van der Waals surface area contributed by atoms with E-state index in [1.54, 1.807) is 12.1 Å². The van der Waals surface area contributed by atoms with Crippen LogP contribution in [-0.4, -0.2) is 6.54 Å². The molecule has 1 aromatic rings. The van der Waals surface area contributed by atoms with Crippen LogP contribution >= 0.6 is 23.2 Å². The van der Waals surface area contributed by atoms with Gasteiger partial charge in [0.1, 0.15) is 0 Å². The van der Waals surface area contributed by atoms with Crippen molar-refractivity contribution in [3.8, 4) is 0 Å². The van der Waals surface area contributed by atoms with Crippen molar-refractivity contribution in [1.29, 1.82) is 0 Å². The minimum atomic E-state index is 0.369. The third kappa shape index (κ3) is 2.99. The lowest BCUT2D eigenvalue weighted by atomic mass is 9.89. The lowest BCUT2D eigenvalue weighted by molar-refractivity contribution is 0.362. The fourth-order valence-electron chi connectivity index (χ4n) is 2.47. The highest BCUT2D eigenvalue weighted by Gasteiger charge is 2.28. The molecular formula is C13H18Cl2N2. The lowest BCUT2D eigenvalue weighted by Gasteiger charge is -2.25. The van der Waals surface area contributed by atoms with Gasteiger partial charge in [0, 0.05) is 12.2 Å². The predicted molar refractivity (Wildman–Crippen MR) is 75.9 cm³/mol. The fourth-order valence-corrected chi connectivity index (χ4v) is 3.11. The molecule has 0 aliphatic heterocycles. The zero-order valence-corrected chi connectivity index (χ0v) is 11.5. The Morgan fingerprint density at radius 1 is 1.24 bits per heavy atom. The van der Waals surface area contributed by atoms with E-state index in [-0.39, 0.29) is 0 Å². The first kappa shape index (κ1) is 12.8. The Bertz CT molecular complexity index is 389. The summed E-state index contributed by atoms with van der Waals surface area (Å²) in [6.07, 6.45) is 5.18. The number of nitrogens with two attached hydrogens (primary N) is 1. The molecule has 0 unspecified atom stereocenters. The van der Waals surface area contributed by atoms with E-state index in [1.807, 2.05) is 0 Å². The van der Waals surface area contributed by atoms with Crippen molar-refractivity contribution in [3.63, 3.8) is 0 Å². The number of nitrogen functional groups attached to an aromatic ring is 1. The van der Waals surface area contributed by atoms with Gasteiger partial charge >= 0.3 is 0 Å². The standard InChI is InChI=1S/C13H18Cl2N2/c1-13(4-2-3-5-13)8-17-12-10(14)6-9(16)7-11(12)15/h6-7,17H,2-5,8,16H2,1H3. The van der Waals surface area contributed by atoms with Gasteiger partial charge in [-0.15, -0.1) is 0 Å². The van der Waals surface area contributed by atoms with Gasteiger partial charge in [-0.05, 0) is 30.4 Å². The first-order chi connectivity index (χ1) is 8.00. The van der Waals surface area contributed by atoms with Gasteiger partial charge in [-0.3, -0.25) is 0 Å². The molecule has 0 aromatic heterocycles. The second-order valence-electron chi connectivity index (χ2n) is 5.23. The summed E-state index contributed by atoms with van der Waals surface area (Å²) in [5.41, 5.74) is 7.44. The van der Waals surface area contributed by atoms with Crippen molar-refractivity contribution < 1.29 is 0 Å². The summed E-state index contributed by atoms with van der Waals surface area (Å²) in [5.74, 6) is 0. The summed E-state index contributed by atoms with van der Waals surface area (Å²) in [6, 6.07) is 3.46. The maximum atomic E-state index is 6.14. The maximum absolute atomic E-state index is 6.14. The highest BCUT2D eigenvalue weighted by molar-refractivity contribution is 6.39. The van der Waals surface area contributed by atoms with E-state index >= 15 is 0 Å². The van der Waals surface area contributed by atoms with Crippen LogP contribution in [0.15, 0.2) is 12.1 Å². The first-order valence-corrected chi connectivity index (χ1v) is 6.74. The molecule has 0 spiro atoms. The van der Waals surface area contributed by atoms with Gasteiger partial charge < -0.3 is 11.1 Å². The van der Waals surface area contributed by atoms with Crippen molar-refractivity contribution >= 4 is 34.6 Å². The van der Waals surface area contributed by atoms with Crippen molar-refractivity contribution in [2.75, 3.05) is 17.6 Å². The number of rotatable bonds is 3. The number of anilines is 2. The van der Waals surface area contributed by atoms with E-state index in [0.717, 1.165) is 12.2 Å². The quantitative estimate of drug-likeness (QED) is 0.792. The van der Waals surface area contributed by atoms with Crippen LogP contribution in [0.4, 0.5) is 11.4 Å². The Kier molecular flexibility index (Phi) is 3.74. The predicted octanol–water partition coefficient (Wildman–Crippen LogP) is 4.57. The average molecular weight is 273 g/mol. The lowest BCUT2D eigenvalue weighted by Crippen LogP contribution is -2.23. The number of halogens is 2. The Labute approximate surface area is 112 Å². The van der Waals surface area contributed by atoms with Gasteiger partial charge in [0.15, 0.2) is 0 Å². The molecule has 1 aromatic carbocycles. The molecule has 0 bridgehead atoms. The SMILES string of the molecule is CC1(CNc2c(Cl)cc(N)cc2Cl)CCCC1. The van der Waals surface area contributed by atoms with Crippen LogP contribution in [0.5, 0.6) is 0 Å². The molecule has 1 aliphatic rings. The maximum Gasteiger partial charge on any atom is 0.0720 e. The minimum absolute atomic E-state index is 0.369. The highest BCUT2D eigenvalue weighted by Crippen LogP contribution is 2.39. The molecule has 17 heavy (non-hydrogen) atoms. The summed E-state index contributed by atoms with van der Waals surface area (Å²) >= 11 is 12.3.